The first kappa shape index (κ1) is 18.9. The summed E-state index contributed by atoms with van der Waals surface area (Å²) >= 11 is 0. The van der Waals surface area contributed by atoms with E-state index in [0.717, 1.165) is 4.90 Å². The first-order valence-corrected chi connectivity index (χ1v) is 7.88. The van der Waals surface area contributed by atoms with E-state index in [9.17, 15) is 19.5 Å². The molecule has 8 nitrogen and oxygen atoms in total. The molecule has 2 rings (SSSR count). The second-order valence-corrected chi connectivity index (χ2v) is 6.77. The van der Waals surface area contributed by atoms with E-state index in [2.05, 4.69) is 9.72 Å². The lowest BCUT2D eigenvalue weighted by atomic mass is 9.96. The van der Waals surface area contributed by atoms with E-state index in [-0.39, 0.29) is 12.1 Å². The van der Waals surface area contributed by atoms with Gasteiger partial charge in [-0.25, -0.2) is 14.5 Å². The van der Waals surface area contributed by atoms with Crippen LogP contribution in [0.1, 0.15) is 39.0 Å². The number of hydrogen-bond acceptors (Lipinski definition) is 7. The molecule has 1 aliphatic rings. The molecule has 1 aromatic heterocycles. The zero-order valence-corrected chi connectivity index (χ0v) is 14.6. The van der Waals surface area contributed by atoms with Crippen LogP contribution in [0.4, 0.5) is 4.79 Å². The van der Waals surface area contributed by atoms with Crippen LogP contribution in [0.2, 0.25) is 0 Å². The molecule has 0 bridgehead atoms. The quantitative estimate of drug-likeness (QED) is 0.822. The van der Waals surface area contributed by atoms with Crippen molar-refractivity contribution < 1.29 is 29.0 Å². The molecule has 25 heavy (non-hydrogen) atoms. The molecule has 0 spiro atoms. The number of aromatic nitrogens is 1. The molecule has 1 aromatic rings. The molecule has 8 heteroatoms. The predicted octanol–water partition coefficient (Wildman–Crippen LogP) is 1.44. The molecule has 1 N–H and O–H groups in total. The molecule has 1 saturated heterocycles. The summed E-state index contributed by atoms with van der Waals surface area (Å²) in [6, 6.07) is 3.78. The number of likely N-dealkylation sites (tertiary alicyclic amines) is 1. The van der Waals surface area contributed by atoms with Crippen LogP contribution in [0, 0.1) is 5.92 Å². The highest BCUT2D eigenvalue weighted by Crippen LogP contribution is 2.35. The lowest BCUT2D eigenvalue weighted by Crippen LogP contribution is -2.46. The fourth-order valence-electron chi connectivity index (χ4n) is 2.67. The summed E-state index contributed by atoms with van der Waals surface area (Å²) in [5, 5.41) is 10.5. The number of carbonyl (C=O) groups is 3. The number of carbonyl (C=O) groups excluding carboxylic acids is 3. The van der Waals surface area contributed by atoms with Gasteiger partial charge in [0.1, 0.15) is 17.7 Å². The van der Waals surface area contributed by atoms with Gasteiger partial charge in [0.15, 0.2) is 0 Å². The fourth-order valence-corrected chi connectivity index (χ4v) is 2.67. The van der Waals surface area contributed by atoms with E-state index in [0.29, 0.717) is 0 Å². The van der Waals surface area contributed by atoms with Crippen LogP contribution in [0.3, 0.4) is 0 Å². The molecular weight excluding hydrogens is 328 g/mol. The van der Waals surface area contributed by atoms with Crippen LogP contribution < -0.4 is 0 Å². The lowest BCUT2D eigenvalue weighted by molar-refractivity contribution is -0.149. The Bertz CT molecular complexity index is 655. The van der Waals surface area contributed by atoms with E-state index in [1.165, 1.54) is 13.3 Å². The standard InChI is InChI=1S/C17H22N2O6/c1-17(2,3)25-16(23)19-12(15(22)24-4)9-10(14(19)21)13(20)11-7-5-6-8-18-11/h5-8,10,12-13,20H,9H2,1-4H3/t10?,12-,13?/m0/s1. The second kappa shape index (κ2) is 7.18. The largest absolute Gasteiger partial charge is 0.467 e. The normalized spacial score (nSPS) is 21.8. The number of nitrogens with zero attached hydrogens (tertiary/aromatic N) is 2. The van der Waals surface area contributed by atoms with Gasteiger partial charge in [0, 0.05) is 6.20 Å². The summed E-state index contributed by atoms with van der Waals surface area (Å²) < 4.78 is 9.90. The van der Waals surface area contributed by atoms with Crippen molar-refractivity contribution in [2.75, 3.05) is 7.11 Å². The van der Waals surface area contributed by atoms with Gasteiger partial charge < -0.3 is 14.6 Å². The highest BCUT2D eigenvalue weighted by Gasteiger charge is 2.51. The molecular formula is C17H22N2O6. The number of amides is 2. The average Bonchev–Trinajstić information content (AvgIpc) is 2.90. The molecule has 136 valence electrons. The summed E-state index contributed by atoms with van der Waals surface area (Å²) in [5.74, 6) is -2.43. The monoisotopic (exact) mass is 350 g/mol. The SMILES string of the molecule is COC(=O)[C@@H]1CC(C(O)c2ccccn2)C(=O)N1C(=O)OC(C)(C)C. The van der Waals surface area contributed by atoms with Crippen LogP contribution in [0.5, 0.6) is 0 Å². The number of ether oxygens (including phenoxy) is 2. The van der Waals surface area contributed by atoms with E-state index in [1.54, 1.807) is 39.0 Å². The number of esters is 1. The van der Waals surface area contributed by atoms with Gasteiger partial charge in [0.25, 0.3) is 0 Å². The van der Waals surface area contributed by atoms with Gasteiger partial charge >= 0.3 is 12.1 Å². The molecule has 2 amide bonds. The minimum atomic E-state index is -1.24. The van der Waals surface area contributed by atoms with Crippen molar-refractivity contribution >= 4 is 18.0 Å². The van der Waals surface area contributed by atoms with Crippen molar-refractivity contribution in [2.24, 2.45) is 5.92 Å². The Labute approximate surface area is 145 Å². The van der Waals surface area contributed by atoms with Gasteiger partial charge in [-0.15, -0.1) is 0 Å². The van der Waals surface area contributed by atoms with Gasteiger partial charge in [0.05, 0.1) is 18.7 Å². The maximum atomic E-state index is 12.7. The van der Waals surface area contributed by atoms with Crippen molar-refractivity contribution in [3.05, 3.63) is 30.1 Å². The summed E-state index contributed by atoms with van der Waals surface area (Å²) in [4.78, 5) is 41.9. The molecule has 2 unspecified atom stereocenters. The van der Waals surface area contributed by atoms with E-state index >= 15 is 0 Å². The Hall–Kier alpha value is -2.48. The number of rotatable bonds is 3. The molecule has 3 atom stereocenters. The second-order valence-electron chi connectivity index (χ2n) is 6.77. The molecule has 0 aromatic carbocycles. The fraction of sp³-hybridized carbons (Fsp3) is 0.529. The van der Waals surface area contributed by atoms with Crippen LogP contribution >= 0.6 is 0 Å². The van der Waals surface area contributed by atoms with E-state index < -0.39 is 41.6 Å². The number of imide groups is 1. The van der Waals surface area contributed by atoms with Crippen LogP contribution in [0.25, 0.3) is 0 Å². The van der Waals surface area contributed by atoms with Crippen molar-refractivity contribution in [2.45, 2.75) is 44.9 Å². The Morgan fingerprint density at radius 1 is 1.36 bits per heavy atom. The third kappa shape index (κ3) is 4.14. The van der Waals surface area contributed by atoms with E-state index in [4.69, 9.17) is 4.74 Å². The summed E-state index contributed by atoms with van der Waals surface area (Å²) in [6.45, 7) is 4.95. The smallest absolute Gasteiger partial charge is 0.417 e. The summed E-state index contributed by atoms with van der Waals surface area (Å²) in [5.41, 5.74) is -0.550. The van der Waals surface area contributed by atoms with Crippen molar-refractivity contribution in [1.82, 2.24) is 9.88 Å². The summed E-state index contributed by atoms with van der Waals surface area (Å²) in [7, 11) is 1.17. The third-order valence-electron chi connectivity index (χ3n) is 3.78. The Morgan fingerprint density at radius 2 is 2.04 bits per heavy atom. The lowest BCUT2D eigenvalue weighted by Gasteiger charge is -2.26. The van der Waals surface area contributed by atoms with Gasteiger partial charge in [-0.2, -0.15) is 0 Å². The Kier molecular flexibility index (Phi) is 5.42. The summed E-state index contributed by atoms with van der Waals surface area (Å²) in [6.07, 6.45) is -0.763. The highest BCUT2D eigenvalue weighted by molar-refractivity contribution is 6.01. The van der Waals surface area contributed by atoms with Crippen LogP contribution in [-0.2, 0) is 19.1 Å². The van der Waals surface area contributed by atoms with Gasteiger partial charge in [-0.1, -0.05) is 6.07 Å². The maximum Gasteiger partial charge on any atom is 0.417 e. The molecule has 1 aliphatic heterocycles. The Balaban J connectivity index is 2.29. The van der Waals surface area contributed by atoms with Crippen LogP contribution in [-0.4, -0.2) is 51.7 Å². The Morgan fingerprint density at radius 3 is 2.56 bits per heavy atom. The van der Waals surface area contributed by atoms with Crippen molar-refractivity contribution in [1.29, 1.82) is 0 Å². The zero-order valence-electron chi connectivity index (χ0n) is 14.6. The molecule has 0 aliphatic carbocycles. The number of aliphatic hydroxyl groups excluding tert-OH is 1. The minimum absolute atomic E-state index is 0.0670. The number of methoxy groups -OCH3 is 1. The first-order valence-electron chi connectivity index (χ1n) is 7.88. The van der Waals surface area contributed by atoms with Crippen LogP contribution in [0.15, 0.2) is 24.4 Å². The first-order chi connectivity index (χ1) is 11.7. The number of hydrogen-bond donors (Lipinski definition) is 1. The maximum absolute atomic E-state index is 12.7. The molecule has 1 fully saturated rings. The van der Waals surface area contributed by atoms with Gasteiger partial charge in [-0.05, 0) is 39.3 Å². The van der Waals surface area contributed by atoms with Crippen molar-refractivity contribution in [3.8, 4) is 0 Å². The average molecular weight is 350 g/mol. The zero-order chi connectivity index (χ0) is 18.8. The van der Waals surface area contributed by atoms with E-state index in [1.807, 2.05) is 0 Å². The number of aliphatic hydroxyl groups is 1. The van der Waals surface area contributed by atoms with Gasteiger partial charge in [-0.3, -0.25) is 9.78 Å². The predicted molar refractivity (Wildman–Crippen MR) is 86.2 cm³/mol. The van der Waals surface area contributed by atoms with Gasteiger partial charge in [0.2, 0.25) is 5.91 Å². The third-order valence-corrected chi connectivity index (χ3v) is 3.78. The topological polar surface area (TPSA) is 106 Å². The van der Waals surface area contributed by atoms with Crippen molar-refractivity contribution in [3.63, 3.8) is 0 Å². The molecule has 0 saturated carbocycles. The highest BCUT2D eigenvalue weighted by atomic mass is 16.6. The molecule has 0 radical (unpaired) electrons. The minimum Gasteiger partial charge on any atom is -0.467 e. The molecule has 2 heterocycles. The number of pyridine rings is 1.